The van der Waals surface area contributed by atoms with E-state index in [0.717, 1.165) is 35.6 Å². The van der Waals surface area contributed by atoms with E-state index in [0.29, 0.717) is 53.6 Å². The number of likely N-dealkylation sites (tertiary alicyclic amines) is 1. The number of fused-ring (bicyclic) bond motifs is 2. The number of nitrogens with zero attached hydrogens (tertiary/aromatic N) is 7. The number of hydrogen-bond acceptors (Lipinski definition) is 7. The molecule has 2 fully saturated rings. The van der Waals surface area contributed by atoms with Crippen LogP contribution in [0.4, 0.5) is 5.82 Å². The predicted octanol–water partition coefficient (Wildman–Crippen LogP) is 3.92. The van der Waals surface area contributed by atoms with Crippen LogP contribution >= 0.6 is 11.6 Å². The van der Waals surface area contributed by atoms with Crippen molar-refractivity contribution in [3.05, 3.63) is 71.4 Å². The monoisotopic (exact) mass is 513 g/mol. The van der Waals surface area contributed by atoms with E-state index in [-0.39, 0.29) is 5.91 Å². The fraction of sp³-hybridized carbons (Fsp3) is 0.296. The average molecular weight is 514 g/mol. The number of anilines is 1. The Morgan fingerprint density at radius 1 is 1.16 bits per heavy atom. The number of carbonyl (C=O) groups is 1. The van der Waals surface area contributed by atoms with Crippen LogP contribution in [-0.2, 0) is 0 Å². The molecule has 6 heterocycles. The highest BCUT2D eigenvalue weighted by Crippen LogP contribution is 2.36. The van der Waals surface area contributed by atoms with E-state index in [4.69, 9.17) is 21.3 Å². The summed E-state index contributed by atoms with van der Waals surface area (Å²) >= 11 is 6.19. The number of carbonyl (C=O) groups excluding carboxylic acids is 1. The van der Waals surface area contributed by atoms with Gasteiger partial charge in [0.2, 0.25) is 0 Å². The summed E-state index contributed by atoms with van der Waals surface area (Å²) in [6.07, 6.45) is 6.78. The van der Waals surface area contributed by atoms with Crippen LogP contribution in [0.15, 0.2) is 55.1 Å². The lowest BCUT2D eigenvalue weighted by Gasteiger charge is -2.22. The van der Waals surface area contributed by atoms with Crippen LogP contribution in [0.2, 0.25) is 5.02 Å². The van der Waals surface area contributed by atoms with Gasteiger partial charge < -0.3 is 14.5 Å². The second kappa shape index (κ2) is 9.37. The Labute approximate surface area is 218 Å². The van der Waals surface area contributed by atoms with Crippen LogP contribution in [0.1, 0.15) is 23.0 Å². The van der Waals surface area contributed by atoms with E-state index in [1.165, 1.54) is 0 Å². The van der Waals surface area contributed by atoms with Crippen LogP contribution < -0.4 is 9.64 Å². The number of halogens is 1. The van der Waals surface area contributed by atoms with E-state index >= 15 is 0 Å². The van der Waals surface area contributed by atoms with Gasteiger partial charge in [-0.15, -0.1) is 0 Å². The van der Waals surface area contributed by atoms with E-state index < -0.39 is 0 Å². The Bertz CT molecular complexity index is 1510. The SMILES string of the molecule is CCOc1cc(-c2ccc(N3C[C@H]4CN(C(=O)c5ncccc5Cl)C[C@H]4C3)nc2)c2c(C#N)cnn2c1. The molecule has 0 aromatic carbocycles. The fourth-order valence-corrected chi connectivity index (χ4v) is 5.62. The number of aromatic nitrogens is 4. The molecule has 186 valence electrons. The van der Waals surface area contributed by atoms with E-state index in [2.05, 4.69) is 21.1 Å². The maximum atomic E-state index is 12.9. The van der Waals surface area contributed by atoms with Crippen molar-refractivity contribution in [2.75, 3.05) is 37.7 Å². The van der Waals surface area contributed by atoms with Crippen LogP contribution in [0.5, 0.6) is 5.75 Å². The van der Waals surface area contributed by atoms with Crippen molar-refractivity contribution in [3.8, 4) is 22.9 Å². The van der Waals surface area contributed by atoms with Gasteiger partial charge in [-0.05, 0) is 37.3 Å². The van der Waals surface area contributed by atoms with Crippen molar-refractivity contribution in [2.45, 2.75) is 6.92 Å². The van der Waals surface area contributed by atoms with Crippen molar-refractivity contribution >= 4 is 28.8 Å². The molecule has 0 radical (unpaired) electrons. The Morgan fingerprint density at radius 3 is 2.65 bits per heavy atom. The largest absolute Gasteiger partial charge is 0.492 e. The lowest BCUT2D eigenvalue weighted by molar-refractivity contribution is 0.0777. The third-order valence-corrected chi connectivity index (χ3v) is 7.44. The molecular weight excluding hydrogens is 490 g/mol. The van der Waals surface area contributed by atoms with Crippen molar-refractivity contribution in [1.82, 2.24) is 24.5 Å². The van der Waals surface area contributed by atoms with E-state index in [1.807, 2.05) is 36.2 Å². The molecule has 10 heteroatoms. The first-order valence-corrected chi connectivity index (χ1v) is 12.6. The summed E-state index contributed by atoms with van der Waals surface area (Å²) in [4.78, 5) is 26.0. The van der Waals surface area contributed by atoms with Gasteiger partial charge in [0.1, 0.15) is 23.3 Å². The first kappa shape index (κ1) is 23.3. The summed E-state index contributed by atoms with van der Waals surface area (Å²) in [7, 11) is 0. The minimum atomic E-state index is -0.105. The first-order chi connectivity index (χ1) is 18.1. The minimum Gasteiger partial charge on any atom is -0.492 e. The summed E-state index contributed by atoms with van der Waals surface area (Å²) in [6, 6.07) is 11.6. The summed E-state index contributed by atoms with van der Waals surface area (Å²) in [5.74, 6) is 2.22. The lowest BCUT2D eigenvalue weighted by atomic mass is 10.0. The number of ether oxygens (including phenoxy) is 1. The lowest BCUT2D eigenvalue weighted by Crippen LogP contribution is -2.34. The molecule has 1 amide bonds. The second-order valence-electron chi connectivity index (χ2n) is 9.36. The quantitative estimate of drug-likeness (QED) is 0.398. The maximum Gasteiger partial charge on any atom is 0.274 e. The molecule has 4 aromatic heterocycles. The predicted molar refractivity (Wildman–Crippen MR) is 139 cm³/mol. The van der Waals surface area contributed by atoms with Crippen LogP contribution in [-0.4, -0.2) is 63.2 Å². The Morgan fingerprint density at radius 2 is 1.97 bits per heavy atom. The molecule has 2 aliphatic rings. The highest BCUT2D eigenvalue weighted by molar-refractivity contribution is 6.33. The standard InChI is InChI=1S/C27H24ClN7O2/c1-2-37-21-8-22(26-18(9-29)11-32-35(26)16-21)17-5-6-24(31-10-17)33-12-19-14-34(15-20(19)13-33)27(36)25-23(28)4-3-7-30-25/h3-8,10-11,16,19-20H,2,12-15H2,1H3/t19-,20+. The Hall–Kier alpha value is -4.16. The molecule has 0 aliphatic carbocycles. The van der Waals surface area contributed by atoms with Gasteiger partial charge in [0.15, 0.2) is 0 Å². The molecule has 0 spiro atoms. The van der Waals surface area contributed by atoms with E-state index in [9.17, 15) is 10.1 Å². The van der Waals surface area contributed by atoms with Gasteiger partial charge >= 0.3 is 0 Å². The van der Waals surface area contributed by atoms with Crippen LogP contribution in [0.25, 0.3) is 16.6 Å². The second-order valence-corrected chi connectivity index (χ2v) is 9.77. The van der Waals surface area contributed by atoms with Gasteiger partial charge in [-0.1, -0.05) is 11.6 Å². The number of rotatable bonds is 5. The van der Waals surface area contributed by atoms with Crippen LogP contribution in [0, 0.1) is 23.2 Å². The van der Waals surface area contributed by atoms with Crippen LogP contribution in [0.3, 0.4) is 0 Å². The van der Waals surface area contributed by atoms with Gasteiger partial charge in [-0.25, -0.2) is 14.5 Å². The molecule has 0 saturated carbocycles. The summed E-state index contributed by atoms with van der Waals surface area (Å²) in [6.45, 7) is 5.50. The molecule has 9 nitrogen and oxygen atoms in total. The number of nitriles is 1. The highest BCUT2D eigenvalue weighted by Gasteiger charge is 2.42. The van der Waals surface area contributed by atoms with Gasteiger partial charge in [-0.3, -0.25) is 4.79 Å². The molecule has 4 aromatic rings. The van der Waals surface area contributed by atoms with Gasteiger partial charge in [0, 0.05) is 61.5 Å². The molecule has 37 heavy (non-hydrogen) atoms. The molecule has 0 bridgehead atoms. The molecule has 0 unspecified atom stereocenters. The molecule has 2 saturated heterocycles. The molecule has 2 aliphatic heterocycles. The van der Waals surface area contributed by atoms with Crippen molar-refractivity contribution in [2.24, 2.45) is 11.8 Å². The zero-order chi connectivity index (χ0) is 25.5. The van der Waals surface area contributed by atoms with Gasteiger partial charge in [-0.2, -0.15) is 10.4 Å². The number of hydrogen-bond donors (Lipinski definition) is 0. The molecule has 0 N–H and O–H groups in total. The minimum absolute atomic E-state index is 0.105. The summed E-state index contributed by atoms with van der Waals surface area (Å²) in [5.41, 5.74) is 3.28. The molecular formula is C27H24ClN7O2. The third-order valence-electron chi connectivity index (χ3n) is 7.14. The van der Waals surface area contributed by atoms with E-state index in [1.54, 1.807) is 35.2 Å². The Balaban J connectivity index is 1.19. The molecule has 2 atom stereocenters. The van der Waals surface area contributed by atoms with Crippen molar-refractivity contribution in [1.29, 1.82) is 5.26 Å². The van der Waals surface area contributed by atoms with Crippen molar-refractivity contribution in [3.63, 3.8) is 0 Å². The third kappa shape index (κ3) is 4.13. The smallest absolute Gasteiger partial charge is 0.274 e. The zero-order valence-corrected chi connectivity index (χ0v) is 21.0. The first-order valence-electron chi connectivity index (χ1n) is 12.2. The Kier molecular flexibility index (Phi) is 5.89. The van der Waals surface area contributed by atoms with Crippen molar-refractivity contribution < 1.29 is 9.53 Å². The highest BCUT2D eigenvalue weighted by atomic mass is 35.5. The zero-order valence-electron chi connectivity index (χ0n) is 20.2. The number of pyridine rings is 3. The maximum absolute atomic E-state index is 12.9. The topological polar surface area (TPSA) is 99.6 Å². The summed E-state index contributed by atoms with van der Waals surface area (Å²) < 4.78 is 7.40. The fourth-order valence-electron chi connectivity index (χ4n) is 5.42. The summed E-state index contributed by atoms with van der Waals surface area (Å²) in [5, 5.41) is 14.3. The van der Waals surface area contributed by atoms with Gasteiger partial charge in [0.25, 0.3) is 5.91 Å². The average Bonchev–Trinajstić information content (AvgIpc) is 3.62. The number of amides is 1. The van der Waals surface area contributed by atoms with Gasteiger partial charge in [0.05, 0.1) is 35.1 Å². The molecule has 6 rings (SSSR count). The normalized spacial score (nSPS) is 18.7.